The molecule has 2 amide bonds. The molecule has 0 bridgehead atoms. The fraction of sp³-hybridized carbons (Fsp3) is 0.467. The Morgan fingerprint density at radius 3 is 2.62 bits per heavy atom. The van der Waals surface area contributed by atoms with Crippen LogP contribution >= 0.6 is 0 Å². The first-order chi connectivity index (χ1) is 9.92. The summed E-state index contributed by atoms with van der Waals surface area (Å²) < 4.78 is 5.13. The van der Waals surface area contributed by atoms with Crippen molar-refractivity contribution in [1.82, 2.24) is 4.90 Å². The molecule has 0 aromatic heterocycles. The highest BCUT2D eigenvalue weighted by Crippen LogP contribution is 2.26. The van der Waals surface area contributed by atoms with Gasteiger partial charge in [-0.25, -0.2) is 0 Å². The zero-order chi connectivity index (χ0) is 15.6. The number of hydrogen-bond donors (Lipinski definition) is 2. The van der Waals surface area contributed by atoms with Gasteiger partial charge in [-0.3, -0.25) is 9.59 Å². The van der Waals surface area contributed by atoms with Crippen molar-refractivity contribution in [2.75, 3.05) is 19.4 Å². The zero-order valence-electron chi connectivity index (χ0n) is 12.3. The lowest BCUT2D eigenvalue weighted by molar-refractivity contribution is -0.123. The minimum atomic E-state index is -0.357. The molecule has 1 saturated heterocycles. The molecule has 4 N–H and O–H groups in total. The third kappa shape index (κ3) is 3.26. The van der Waals surface area contributed by atoms with Crippen LogP contribution < -0.4 is 16.2 Å². The summed E-state index contributed by atoms with van der Waals surface area (Å²) in [5.41, 5.74) is 12.1. The molecule has 1 aliphatic heterocycles. The monoisotopic (exact) mass is 291 g/mol. The number of nitrogens with two attached hydrogens (primary N) is 2. The summed E-state index contributed by atoms with van der Waals surface area (Å²) in [4.78, 5) is 25.7. The number of amides is 2. The average Bonchev–Trinajstić information content (AvgIpc) is 2.46. The number of carbonyl (C=O) groups is 2. The fourth-order valence-electron chi connectivity index (χ4n) is 2.65. The summed E-state index contributed by atoms with van der Waals surface area (Å²) in [6.45, 7) is 2.32. The first kappa shape index (κ1) is 15.2. The van der Waals surface area contributed by atoms with E-state index in [1.54, 1.807) is 23.1 Å². The molecule has 0 spiro atoms. The molecule has 6 heteroatoms. The van der Waals surface area contributed by atoms with Crippen LogP contribution in [-0.2, 0) is 4.79 Å². The molecular weight excluding hydrogens is 270 g/mol. The molecule has 114 valence electrons. The minimum Gasteiger partial charge on any atom is -0.497 e. The molecule has 0 aliphatic carbocycles. The molecule has 0 radical (unpaired) electrons. The third-order valence-electron chi connectivity index (χ3n) is 3.96. The summed E-state index contributed by atoms with van der Waals surface area (Å²) >= 11 is 0. The van der Waals surface area contributed by atoms with E-state index in [0.29, 0.717) is 23.5 Å². The molecule has 21 heavy (non-hydrogen) atoms. The predicted octanol–water partition coefficient (Wildman–Crippen LogP) is 1.00. The van der Waals surface area contributed by atoms with Gasteiger partial charge in [-0.15, -0.1) is 0 Å². The lowest BCUT2D eigenvalue weighted by Crippen LogP contribution is -2.48. The van der Waals surface area contributed by atoms with Crippen molar-refractivity contribution in [1.29, 1.82) is 0 Å². The molecule has 2 rings (SSSR count). The smallest absolute Gasteiger partial charge is 0.254 e. The highest BCUT2D eigenvalue weighted by molar-refractivity contribution is 5.96. The van der Waals surface area contributed by atoms with Crippen LogP contribution in [0.25, 0.3) is 0 Å². The Hall–Kier alpha value is -2.24. The topological polar surface area (TPSA) is 98.7 Å². The molecule has 0 saturated carbocycles. The lowest BCUT2D eigenvalue weighted by Gasteiger charge is -2.37. The summed E-state index contributed by atoms with van der Waals surface area (Å²) in [5.74, 6) is -0.258. The predicted molar refractivity (Wildman–Crippen MR) is 79.8 cm³/mol. The molecule has 1 fully saturated rings. The Labute approximate surface area is 124 Å². The van der Waals surface area contributed by atoms with Crippen molar-refractivity contribution >= 4 is 17.5 Å². The maximum absolute atomic E-state index is 12.7. The highest BCUT2D eigenvalue weighted by Gasteiger charge is 2.32. The van der Waals surface area contributed by atoms with E-state index in [0.717, 1.165) is 12.8 Å². The van der Waals surface area contributed by atoms with Gasteiger partial charge in [0.25, 0.3) is 5.91 Å². The number of benzene rings is 1. The second kappa shape index (κ2) is 6.03. The Bertz CT molecular complexity index is 559. The van der Waals surface area contributed by atoms with Crippen molar-refractivity contribution < 1.29 is 14.3 Å². The average molecular weight is 291 g/mol. The second-order valence-corrected chi connectivity index (χ2v) is 5.48. The van der Waals surface area contributed by atoms with Crippen molar-refractivity contribution in [3.63, 3.8) is 0 Å². The van der Waals surface area contributed by atoms with Crippen LogP contribution in [0.3, 0.4) is 0 Å². The van der Waals surface area contributed by atoms with Crippen LogP contribution in [0.4, 0.5) is 5.69 Å². The molecule has 6 nitrogen and oxygen atoms in total. The molecule has 2 unspecified atom stereocenters. The Kier molecular flexibility index (Phi) is 4.35. The van der Waals surface area contributed by atoms with E-state index < -0.39 is 0 Å². The number of anilines is 1. The molecular formula is C15H21N3O3. The van der Waals surface area contributed by atoms with Gasteiger partial charge in [-0.2, -0.15) is 0 Å². The number of hydrogen-bond acceptors (Lipinski definition) is 4. The molecule has 2 atom stereocenters. The summed E-state index contributed by atoms with van der Waals surface area (Å²) in [6.07, 6.45) is 1.49. The number of rotatable bonds is 3. The van der Waals surface area contributed by atoms with Gasteiger partial charge >= 0.3 is 0 Å². The summed E-state index contributed by atoms with van der Waals surface area (Å²) in [6, 6.07) is 4.99. The number of nitrogen functional groups attached to an aromatic ring is 1. The summed E-state index contributed by atoms with van der Waals surface area (Å²) in [7, 11) is 1.52. The van der Waals surface area contributed by atoms with E-state index in [1.807, 2.05) is 6.92 Å². The van der Waals surface area contributed by atoms with Crippen LogP contribution in [0.1, 0.15) is 30.1 Å². The quantitative estimate of drug-likeness (QED) is 0.812. The molecule has 1 aromatic carbocycles. The van der Waals surface area contributed by atoms with Crippen LogP contribution in [0, 0.1) is 5.92 Å². The van der Waals surface area contributed by atoms with Gasteiger partial charge in [0.2, 0.25) is 5.91 Å². The largest absolute Gasteiger partial charge is 0.497 e. The number of carbonyl (C=O) groups excluding carboxylic acids is 2. The first-order valence-electron chi connectivity index (χ1n) is 6.97. The number of piperidine rings is 1. The maximum Gasteiger partial charge on any atom is 0.254 e. The van der Waals surface area contributed by atoms with Crippen LogP contribution in [0.5, 0.6) is 5.75 Å². The number of methoxy groups -OCH3 is 1. The number of likely N-dealkylation sites (tertiary alicyclic amines) is 1. The first-order valence-corrected chi connectivity index (χ1v) is 6.97. The Balaban J connectivity index is 2.25. The molecule has 1 aliphatic rings. The van der Waals surface area contributed by atoms with Gasteiger partial charge in [-0.1, -0.05) is 0 Å². The fourth-order valence-corrected chi connectivity index (χ4v) is 2.65. The van der Waals surface area contributed by atoms with E-state index in [9.17, 15) is 9.59 Å². The van der Waals surface area contributed by atoms with E-state index in [-0.39, 0.29) is 23.8 Å². The van der Waals surface area contributed by atoms with Gasteiger partial charge < -0.3 is 21.1 Å². The minimum absolute atomic E-state index is 0.0699. The van der Waals surface area contributed by atoms with E-state index >= 15 is 0 Å². The number of ether oxygens (including phenoxy) is 1. The van der Waals surface area contributed by atoms with E-state index in [4.69, 9.17) is 16.2 Å². The molecule has 1 heterocycles. The van der Waals surface area contributed by atoms with Gasteiger partial charge in [0.15, 0.2) is 0 Å². The third-order valence-corrected chi connectivity index (χ3v) is 3.96. The number of nitrogens with zero attached hydrogens (tertiary/aromatic N) is 1. The van der Waals surface area contributed by atoms with Gasteiger partial charge in [0.05, 0.1) is 13.0 Å². The van der Waals surface area contributed by atoms with Gasteiger partial charge in [0.1, 0.15) is 5.75 Å². The SMILES string of the molecule is COc1cc(N)cc(C(=O)N2CC(C(N)=O)CCC2C)c1. The van der Waals surface area contributed by atoms with Crippen molar-refractivity contribution in [2.24, 2.45) is 11.7 Å². The van der Waals surface area contributed by atoms with E-state index in [1.165, 1.54) is 7.11 Å². The van der Waals surface area contributed by atoms with Crippen molar-refractivity contribution in [2.45, 2.75) is 25.8 Å². The number of primary amides is 1. The van der Waals surface area contributed by atoms with E-state index in [2.05, 4.69) is 0 Å². The standard InChI is InChI=1S/C15H21N3O3/c1-9-3-4-10(14(17)19)8-18(9)15(20)11-5-12(16)7-13(6-11)21-2/h5-7,9-10H,3-4,8,16H2,1-2H3,(H2,17,19). The Morgan fingerprint density at radius 1 is 1.29 bits per heavy atom. The second-order valence-electron chi connectivity index (χ2n) is 5.48. The van der Waals surface area contributed by atoms with Gasteiger partial charge in [0, 0.05) is 29.9 Å². The normalized spacial score (nSPS) is 21.9. The van der Waals surface area contributed by atoms with Gasteiger partial charge in [-0.05, 0) is 31.9 Å². The van der Waals surface area contributed by atoms with Crippen LogP contribution in [0.2, 0.25) is 0 Å². The summed E-state index contributed by atoms with van der Waals surface area (Å²) in [5, 5.41) is 0. The van der Waals surface area contributed by atoms with Crippen LogP contribution in [0.15, 0.2) is 18.2 Å². The highest BCUT2D eigenvalue weighted by atomic mass is 16.5. The zero-order valence-corrected chi connectivity index (χ0v) is 12.3. The Morgan fingerprint density at radius 2 is 2.00 bits per heavy atom. The van der Waals surface area contributed by atoms with Crippen molar-refractivity contribution in [3.05, 3.63) is 23.8 Å². The van der Waals surface area contributed by atoms with Crippen LogP contribution in [-0.4, -0.2) is 36.4 Å². The maximum atomic E-state index is 12.7. The molecule has 1 aromatic rings. The lowest BCUT2D eigenvalue weighted by atomic mass is 9.92. The van der Waals surface area contributed by atoms with Crippen molar-refractivity contribution in [3.8, 4) is 5.75 Å².